The predicted octanol–water partition coefficient (Wildman–Crippen LogP) is 3.40. The largest absolute Gasteiger partial charge is 0.496 e. The van der Waals surface area contributed by atoms with Gasteiger partial charge in [0, 0.05) is 21.5 Å². The van der Waals surface area contributed by atoms with Gasteiger partial charge in [-0.1, -0.05) is 22.9 Å². The Hall–Kier alpha value is -0.540. The average Bonchev–Trinajstić information content (AvgIpc) is 3.08. The monoisotopic (exact) mass is 297 g/mol. The maximum absolute atomic E-state index is 6.12. The summed E-state index contributed by atoms with van der Waals surface area (Å²) < 4.78 is 6.63. The van der Waals surface area contributed by atoms with Gasteiger partial charge in [0.15, 0.2) is 0 Å². The van der Waals surface area contributed by atoms with Crippen LogP contribution in [0.1, 0.15) is 37.8 Å². The number of methoxy groups -OCH3 is 1. The van der Waals surface area contributed by atoms with Crippen LogP contribution in [0.15, 0.2) is 16.6 Å². The Morgan fingerprint density at radius 3 is 2.53 bits per heavy atom. The Kier molecular flexibility index (Phi) is 3.50. The molecule has 0 saturated heterocycles. The second-order valence-electron chi connectivity index (χ2n) is 4.94. The molecule has 0 heterocycles. The molecule has 1 aliphatic rings. The zero-order chi connectivity index (χ0) is 12.6. The van der Waals surface area contributed by atoms with Crippen LogP contribution in [0.25, 0.3) is 0 Å². The topological polar surface area (TPSA) is 35.2 Å². The Morgan fingerprint density at radius 1 is 1.47 bits per heavy atom. The molecule has 1 aliphatic carbocycles. The molecule has 0 radical (unpaired) electrons. The second kappa shape index (κ2) is 4.62. The maximum Gasteiger partial charge on any atom is 0.123 e. The molecule has 1 atom stereocenters. The molecule has 1 fully saturated rings. The van der Waals surface area contributed by atoms with E-state index < -0.39 is 0 Å². The first kappa shape index (κ1) is 12.9. The third-order valence-corrected chi connectivity index (χ3v) is 4.67. The molecule has 0 amide bonds. The number of hydrogen-bond donors (Lipinski definition) is 1. The number of rotatable bonds is 4. The fourth-order valence-corrected chi connectivity index (χ4v) is 3.29. The van der Waals surface area contributed by atoms with E-state index in [9.17, 15) is 0 Å². The van der Waals surface area contributed by atoms with Crippen LogP contribution in [0.5, 0.6) is 5.75 Å². The fraction of sp³-hybridized carbons (Fsp3) is 0.571. The Labute approximate surface area is 112 Å². The summed E-state index contributed by atoms with van der Waals surface area (Å²) in [5.74, 6) is 0.976. The molecule has 2 rings (SSSR count). The maximum atomic E-state index is 6.12. The van der Waals surface area contributed by atoms with Crippen molar-refractivity contribution in [3.05, 3.63) is 27.7 Å². The van der Waals surface area contributed by atoms with Crippen molar-refractivity contribution in [1.82, 2.24) is 0 Å². The summed E-state index contributed by atoms with van der Waals surface area (Å²) in [5, 5.41) is 0. The van der Waals surface area contributed by atoms with Crippen LogP contribution in [0.2, 0.25) is 0 Å². The van der Waals surface area contributed by atoms with Gasteiger partial charge in [-0.2, -0.15) is 0 Å². The molecule has 2 nitrogen and oxygen atoms in total. The van der Waals surface area contributed by atoms with Crippen molar-refractivity contribution < 1.29 is 4.74 Å². The van der Waals surface area contributed by atoms with E-state index in [1.54, 1.807) is 7.11 Å². The molecule has 1 aromatic carbocycles. The predicted molar refractivity (Wildman–Crippen MR) is 74.6 cm³/mol. The highest BCUT2D eigenvalue weighted by Crippen LogP contribution is 2.52. The third kappa shape index (κ3) is 2.11. The van der Waals surface area contributed by atoms with E-state index in [0.717, 1.165) is 16.6 Å². The van der Waals surface area contributed by atoms with Gasteiger partial charge in [-0.25, -0.2) is 0 Å². The standard InChI is InChI=1S/C14H20BrNO/c1-4-11-12(15)7-10(8-13(11)17-3)14(5-6-14)9(2)16/h7-9H,4-6,16H2,1-3H3. The summed E-state index contributed by atoms with van der Waals surface area (Å²) in [6, 6.07) is 4.59. The van der Waals surface area contributed by atoms with Crippen molar-refractivity contribution in [3.8, 4) is 5.75 Å². The molecule has 94 valence electrons. The highest BCUT2D eigenvalue weighted by molar-refractivity contribution is 9.10. The van der Waals surface area contributed by atoms with Gasteiger partial charge < -0.3 is 10.5 Å². The molecule has 1 unspecified atom stereocenters. The first-order chi connectivity index (χ1) is 8.05. The van der Waals surface area contributed by atoms with Crippen LogP contribution < -0.4 is 10.5 Å². The van der Waals surface area contributed by atoms with Crippen LogP contribution in [0, 0.1) is 0 Å². The van der Waals surface area contributed by atoms with Crippen LogP contribution in [-0.2, 0) is 11.8 Å². The molecule has 1 aromatic rings. The minimum absolute atomic E-state index is 0.183. The molecule has 0 spiro atoms. The van der Waals surface area contributed by atoms with Crippen molar-refractivity contribution in [3.63, 3.8) is 0 Å². The number of ether oxygens (including phenoxy) is 1. The minimum atomic E-state index is 0.183. The molecule has 3 heteroatoms. The normalized spacial score (nSPS) is 18.9. The van der Waals surface area contributed by atoms with Crippen molar-refractivity contribution in [2.45, 2.75) is 44.6 Å². The molecular formula is C14H20BrNO. The van der Waals surface area contributed by atoms with Crippen LogP contribution in [0.4, 0.5) is 0 Å². The molecule has 0 aromatic heterocycles. The van der Waals surface area contributed by atoms with E-state index in [1.807, 2.05) is 0 Å². The van der Waals surface area contributed by atoms with Crippen molar-refractivity contribution in [2.24, 2.45) is 5.73 Å². The van der Waals surface area contributed by atoms with Gasteiger partial charge >= 0.3 is 0 Å². The summed E-state index contributed by atoms with van der Waals surface area (Å²) in [6.45, 7) is 4.24. The summed E-state index contributed by atoms with van der Waals surface area (Å²) in [6.07, 6.45) is 3.34. The quantitative estimate of drug-likeness (QED) is 0.924. The second-order valence-corrected chi connectivity index (χ2v) is 5.79. The summed E-state index contributed by atoms with van der Waals surface area (Å²) >= 11 is 3.65. The third-order valence-electron chi connectivity index (χ3n) is 3.96. The van der Waals surface area contributed by atoms with E-state index in [2.05, 4.69) is 41.9 Å². The Balaban J connectivity index is 2.47. The zero-order valence-corrected chi connectivity index (χ0v) is 12.3. The number of hydrogen-bond acceptors (Lipinski definition) is 2. The lowest BCUT2D eigenvalue weighted by Crippen LogP contribution is -2.31. The van der Waals surface area contributed by atoms with Crippen molar-refractivity contribution in [1.29, 1.82) is 0 Å². The number of benzene rings is 1. The van der Waals surface area contributed by atoms with E-state index in [-0.39, 0.29) is 11.5 Å². The lowest BCUT2D eigenvalue weighted by Gasteiger charge is -2.22. The van der Waals surface area contributed by atoms with Crippen LogP contribution in [0.3, 0.4) is 0 Å². The van der Waals surface area contributed by atoms with Crippen molar-refractivity contribution >= 4 is 15.9 Å². The smallest absolute Gasteiger partial charge is 0.123 e. The highest BCUT2D eigenvalue weighted by Gasteiger charge is 2.47. The number of halogens is 1. The van der Waals surface area contributed by atoms with Gasteiger partial charge in [0.25, 0.3) is 0 Å². The molecular weight excluding hydrogens is 278 g/mol. The van der Waals surface area contributed by atoms with E-state index in [1.165, 1.54) is 24.0 Å². The summed E-state index contributed by atoms with van der Waals surface area (Å²) in [4.78, 5) is 0. The lowest BCUT2D eigenvalue weighted by atomic mass is 9.88. The van der Waals surface area contributed by atoms with Gasteiger partial charge in [0.2, 0.25) is 0 Å². The number of nitrogens with two attached hydrogens (primary N) is 1. The highest BCUT2D eigenvalue weighted by atomic mass is 79.9. The first-order valence-corrected chi connectivity index (χ1v) is 6.97. The molecule has 2 N–H and O–H groups in total. The molecule has 0 aliphatic heterocycles. The van der Waals surface area contributed by atoms with Gasteiger partial charge in [-0.3, -0.25) is 0 Å². The minimum Gasteiger partial charge on any atom is -0.496 e. The van der Waals surface area contributed by atoms with Crippen LogP contribution in [-0.4, -0.2) is 13.2 Å². The molecule has 0 bridgehead atoms. The van der Waals surface area contributed by atoms with E-state index in [0.29, 0.717) is 0 Å². The van der Waals surface area contributed by atoms with Crippen molar-refractivity contribution in [2.75, 3.05) is 7.11 Å². The lowest BCUT2D eigenvalue weighted by molar-refractivity contribution is 0.407. The Morgan fingerprint density at radius 2 is 2.12 bits per heavy atom. The fourth-order valence-electron chi connectivity index (χ4n) is 2.57. The van der Waals surface area contributed by atoms with Gasteiger partial charge in [0.05, 0.1) is 7.11 Å². The van der Waals surface area contributed by atoms with Gasteiger partial charge in [-0.05, 0) is 43.9 Å². The van der Waals surface area contributed by atoms with Gasteiger partial charge in [0.1, 0.15) is 5.75 Å². The van der Waals surface area contributed by atoms with E-state index >= 15 is 0 Å². The van der Waals surface area contributed by atoms with Gasteiger partial charge in [-0.15, -0.1) is 0 Å². The zero-order valence-electron chi connectivity index (χ0n) is 10.7. The Bertz CT molecular complexity index is 424. The SMILES string of the molecule is CCc1c(Br)cc(C2(C(C)N)CC2)cc1OC. The van der Waals surface area contributed by atoms with Crippen LogP contribution >= 0.6 is 15.9 Å². The summed E-state index contributed by atoms with van der Waals surface area (Å²) in [7, 11) is 1.73. The molecule has 17 heavy (non-hydrogen) atoms. The average molecular weight is 298 g/mol. The molecule has 1 saturated carbocycles. The first-order valence-electron chi connectivity index (χ1n) is 6.17. The summed E-state index contributed by atoms with van der Waals surface area (Å²) in [5.41, 5.74) is 8.85. The van der Waals surface area contributed by atoms with E-state index in [4.69, 9.17) is 10.5 Å².